The third-order valence-electron chi connectivity index (χ3n) is 5.35. The Bertz CT molecular complexity index is 778. The number of fused-ring (bicyclic) bond motifs is 1. The van der Waals surface area contributed by atoms with E-state index in [4.69, 9.17) is 9.47 Å². The number of hydrogen-bond acceptors (Lipinski definition) is 4. The number of anilines is 1. The minimum atomic E-state index is 0.0397. The van der Waals surface area contributed by atoms with Crippen LogP contribution in [-0.2, 0) is 11.2 Å². The summed E-state index contributed by atoms with van der Waals surface area (Å²) in [6.07, 6.45) is 5.26. The van der Waals surface area contributed by atoms with Gasteiger partial charge in [0.1, 0.15) is 0 Å². The van der Waals surface area contributed by atoms with Gasteiger partial charge >= 0.3 is 0 Å². The average molecular weight is 366 g/mol. The SMILES string of the molecule is O=C(CCN1CCCCC1Cc1ccccc1)Nc1ccc2c(c1)OCO2. The molecule has 0 aromatic heterocycles. The van der Waals surface area contributed by atoms with Crippen molar-refractivity contribution in [3.05, 3.63) is 54.1 Å². The Hall–Kier alpha value is -2.53. The summed E-state index contributed by atoms with van der Waals surface area (Å²) in [5.41, 5.74) is 2.13. The Morgan fingerprint density at radius 3 is 2.81 bits per heavy atom. The minimum Gasteiger partial charge on any atom is -0.454 e. The second-order valence-electron chi connectivity index (χ2n) is 7.24. The molecule has 1 saturated heterocycles. The van der Waals surface area contributed by atoms with E-state index in [9.17, 15) is 4.79 Å². The van der Waals surface area contributed by atoms with Crippen LogP contribution in [0, 0.1) is 0 Å². The fourth-order valence-corrected chi connectivity index (χ4v) is 3.91. The van der Waals surface area contributed by atoms with E-state index < -0.39 is 0 Å². The quantitative estimate of drug-likeness (QED) is 0.844. The van der Waals surface area contributed by atoms with Crippen LogP contribution in [-0.4, -0.2) is 36.7 Å². The van der Waals surface area contributed by atoms with Crippen molar-refractivity contribution in [2.75, 3.05) is 25.2 Å². The standard InChI is InChI=1S/C22H26N2O3/c25-22(23-18-9-10-20-21(15-18)27-16-26-20)11-13-24-12-5-4-8-19(24)14-17-6-2-1-3-7-17/h1-3,6-7,9-10,15,19H,4-5,8,11-14,16H2,(H,23,25). The van der Waals surface area contributed by atoms with Crippen molar-refractivity contribution in [1.29, 1.82) is 0 Å². The third kappa shape index (κ3) is 4.61. The van der Waals surface area contributed by atoms with Gasteiger partial charge in [0.15, 0.2) is 11.5 Å². The van der Waals surface area contributed by atoms with Gasteiger partial charge < -0.3 is 14.8 Å². The molecule has 5 nitrogen and oxygen atoms in total. The zero-order valence-corrected chi connectivity index (χ0v) is 15.5. The van der Waals surface area contributed by atoms with Gasteiger partial charge in [0.2, 0.25) is 12.7 Å². The fraction of sp³-hybridized carbons (Fsp3) is 0.409. The maximum Gasteiger partial charge on any atom is 0.231 e. The van der Waals surface area contributed by atoms with E-state index >= 15 is 0 Å². The van der Waals surface area contributed by atoms with E-state index in [-0.39, 0.29) is 12.7 Å². The maximum atomic E-state index is 12.4. The summed E-state index contributed by atoms with van der Waals surface area (Å²) >= 11 is 0. The fourth-order valence-electron chi connectivity index (χ4n) is 3.91. The number of nitrogens with one attached hydrogen (secondary N) is 1. The molecule has 1 unspecified atom stereocenters. The number of amides is 1. The molecule has 2 heterocycles. The zero-order valence-electron chi connectivity index (χ0n) is 15.5. The van der Waals surface area contributed by atoms with Crippen LogP contribution in [0.2, 0.25) is 0 Å². The van der Waals surface area contributed by atoms with Crippen LogP contribution in [0.1, 0.15) is 31.2 Å². The Balaban J connectivity index is 1.30. The van der Waals surface area contributed by atoms with Crippen molar-refractivity contribution >= 4 is 11.6 Å². The molecule has 2 aliphatic rings. The Morgan fingerprint density at radius 2 is 1.93 bits per heavy atom. The topological polar surface area (TPSA) is 50.8 Å². The van der Waals surface area contributed by atoms with Crippen molar-refractivity contribution in [2.45, 2.75) is 38.1 Å². The molecular weight excluding hydrogens is 340 g/mol. The smallest absolute Gasteiger partial charge is 0.231 e. The molecule has 5 heteroatoms. The molecule has 1 atom stereocenters. The van der Waals surface area contributed by atoms with E-state index in [0.29, 0.717) is 18.2 Å². The van der Waals surface area contributed by atoms with Crippen molar-refractivity contribution in [3.63, 3.8) is 0 Å². The molecule has 0 spiro atoms. The van der Waals surface area contributed by atoms with Gasteiger partial charge in [-0.1, -0.05) is 36.8 Å². The highest BCUT2D eigenvalue weighted by Gasteiger charge is 2.23. The van der Waals surface area contributed by atoms with Crippen LogP contribution in [0.3, 0.4) is 0 Å². The lowest BCUT2D eigenvalue weighted by molar-refractivity contribution is -0.116. The largest absolute Gasteiger partial charge is 0.454 e. The predicted octanol–water partition coefficient (Wildman–Crippen LogP) is 3.84. The molecular formula is C22H26N2O3. The highest BCUT2D eigenvalue weighted by atomic mass is 16.7. The number of carbonyl (C=O) groups is 1. The van der Waals surface area contributed by atoms with E-state index in [2.05, 4.69) is 40.5 Å². The Kier molecular flexibility index (Phi) is 5.58. The monoisotopic (exact) mass is 366 g/mol. The number of likely N-dealkylation sites (tertiary alicyclic amines) is 1. The van der Waals surface area contributed by atoms with Crippen molar-refractivity contribution < 1.29 is 14.3 Å². The van der Waals surface area contributed by atoms with Crippen LogP contribution in [0.4, 0.5) is 5.69 Å². The molecule has 2 aromatic carbocycles. The third-order valence-corrected chi connectivity index (χ3v) is 5.35. The Labute approximate surface area is 160 Å². The molecule has 0 aliphatic carbocycles. The second-order valence-corrected chi connectivity index (χ2v) is 7.24. The molecule has 0 saturated carbocycles. The predicted molar refractivity (Wildman–Crippen MR) is 105 cm³/mol. The van der Waals surface area contributed by atoms with Gasteiger partial charge in [0.05, 0.1) is 0 Å². The average Bonchev–Trinajstić information content (AvgIpc) is 3.16. The molecule has 4 rings (SSSR count). The zero-order chi connectivity index (χ0) is 18.5. The molecule has 0 radical (unpaired) electrons. The van der Waals surface area contributed by atoms with Crippen molar-refractivity contribution in [2.24, 2.45) is 0 Å². The lowest BCUT2D eigenvalue weighted by Gasteiger charge is -2.35. The van der Waals surface area contributed by atoms with Gasteiger partial charge in [-0.05, 0) is 43.5 Å². The lowest BCUT2D eigenvalue weighted by Crippen LogP contribution is -2.42. The molecule has 27 heavy (non-hydrogen) atoms. The van der Waals surface area contributed by atoms with Gasteiger partial charge in [-0.3, -0.25) is 9.69 Å². The van der Waals surface area contributed by atoms with Crippen LogP contribution >= 0.6 is 0 Å². The van der Waals surface area contributed by atoms with E-state index in [0.717, 1.165) is 30.9 Å². The van der Waals surface area contributed by atoms with Gasteiger partial charge in [-0.25, -0.2) is 0 Å². The molecule has 1 fully saturated rings. The molecule has 2 aromatic rings. The number of nitrogens with zero attached hydrogens (tertiary/aromatic N) is 1. The highest BCUT2D eigenvalue weighted by molar-refractivity contribution is 5.91. The van der Waals surface area contributed by atoms with Crippen LogP contribution in [0.5, 0.6) is 11.5 Å². The molecule has 142 valence electrons. The van der Waals surface area contributed by atoms with Gasteiger partial charge in [0.25, 0.3) is 0 Å². The first-order valence-corrected chi connectivity index (χ1v) is 9.75. The van der Waals surface area contributed by atoms with E-state index in [1.807, 2.05) is 18.2 Å². The van der Waals surface area contributed by atoms with Crippen LogP contribution < -0.4 is 14.8 Å². The molecule has 1 amide bonds. The molecule has 0 bridgehead atoms. The van der Waals surface area contributed by atoms with Gasteiger partial charge in [-0.2, -0.15) is 0 Å². The number of hydrogen-bond donors (Lipinski definition) is 1. The maximum absolute atomic E-state index is 12.4. The molecule has 2 aliphatic heterocycles. The first kappa shape index (κ1) is 17.9. The summed E-state index contributed by atoms with van der Waals surface area (Å²) in [7, 11) is 0. The second kappa shape index (κ2) is 8.44. The Morgan fingerprint density at radius 1 is 1.07 bits per heavy atom. The summed E-state index contributed by atoms with van der Waals surface area (Å²) in [4.78, 5) is 14.9. The summed E-state index contributed by atoms with van der Waals surface area (Å²) in [6, 6.07) is 16.7. The first-order chi connectivity index (χ1) is 13.3. The summed E-state index contributed by atoms with van der Waals surface area (Å²) in [5.74, 6) is 1.45. The first-order valence-electron chi connectivity index (χ1n) is 9.75. The normalized spacial score (nSPS) is 19.0. The number of ether oxygens (including phenoxy) is 2. The number of rotatable bonds is 6. The van der Waals surface area contributed by atoms with Crippen molar-refractivity contribution in [1.82, 2.24) is 4.90 Å². The highest BCUT2D eigenvalue weighted by Crippen LogP contribution is 2.34. The van der Waals surface area contributed by atoms with Gasteiger partial charge in [0, 0.05) is 30.8 Å². The van der Waals surface area contributed by atoms with Crippen molar-refractivity contribution in [3.8, 4) is 11.5 Å². The summed E-state index contributed by atoms with van der Waals surface area (Å²) < 4.78 is 10.7. The minimum absolute atomic E-state index is 0.0397. The summed E-state index contributed by atoms with van der Waals surface area (Å²) in [5, 5.41) is 2.97. The molecule has 1 N–H and O–H groups in total. The van der Waals surface area contributed by atoms with E-state index in [1.165, 1.54) is 24.8 Å². The number of carbonyl (C=O) groups excluding carboxylic acids is 1. The van der Waals surface area contributed by atoms with Crippen LogP contribution in [0.15, 0.2) is 48.5 Å². The lowest BCUT2D eigenvalue weighted by atomic mass is 9.95. The number of benzene rings is 2. The van der Waals surface area contributed by atoms with E-state index in [1.54, 1.807) is 0 Å². The van der Waals surface area contributed by atoms with Gasteiger partial charge in [-0.15, -0.1) is 0 Å². The summed E-state index contributed by atoms with van der Waals surface area (Å²) in [6.45, 7) is 2.12. The number of piperidine rings is 1. The van der Waals surface area contributed by atoms with Crippen LogP contribution in [0.25, 0.3) is 0 Å².